The molecule has 0 saturated carbocycles. The number of esters is 1. The molecule has 1 aromatic heterocycles. The number of fused-ring (bicyclic) bond motifs is 1. The number of methoxy groups -OCH3 is 1. The molecule has 1 heterocycles. The van der Waals surface area contributed by atoms with Crippen molar-refractivity contribution in [1.29, 1.82) is 0 Å². The molecule has 100 valence electrons. The molecule has 2 aromatic rings. The summed E-state index contributed by atoms with van der Waals surface area (Å²) in [5.74, 6) is -2.21. The minimum absolute atomic E-state index is 0.293. The molecule has 2 rings (SSSR count). The summed E-state index contributed by atoms with van der Waals surface area (Å²) in [4.78, 5) is 35.5. The number of amides is 1. The molecule has 1 amide bonds. The molecule has 0 aliphatic rings. The number of hydrogen-bond donors (Lipinski definition) is 2. The van der Waals surface area contributed by atoms with Crippen molar-refractivity contribution in [3.8, 4) is 0 Å². The summed E-state index contributed by atoms with van der Waals surface area (Å²) in [6, 6.07) is 5.21. The molecule has 0 atom stereocenters. The lowest BCUT2D eigenvalue weighted by Gasteiger charge is -2.03. The topological polar surface area (TPSA) is 101 Å². The second-order valence-electron chi connectivity index (χ2n) is 3.84. The number of H-pyrrole nitrogens is 1. The van der Waals surface area contributed by atoms with Crippen molar-refractivity contribution in [2.45, 2.75) is 6.42 Å². The van der Waals surface area contributed by atoms with Crippen LogP contribution in [0.2, 0.25) is 0 Å². The molecule has 0 unspecified atom stereocenters. The van der Waals surface area contributed by atoms with Gasteiger partial charge in [0.15, 0.2) is 5.58 Å². The summed E-state index contributed by atoms with van der Waals surface area (Å²) in [5, 5.41) is 2.43. The highest BCUT2D eigenvalue weighted by molar-refractivity contribution is 6.32. The SMILES string of the molecule is COC(=O)C(=O)NCCc1ccc2oc(=O)[nH]c2c1. The van der Waals surface area contributed by atoms with Gasteiger partial charge in [-0.2, -0.15) is 0 Å². The third-order valence-electron chi connectivity index (χ3n) is 2.55. The second kappa shape index (κ2) is 5.38. The van der Waals surface area contributed by atoms with Gasteiger partial charge < -0.3 is 14.5 Å². The average molecular weight is 264 g/mol. The lowest BCUT2D eigenvalue weighted by molar-refractivity contribution is -0.152. The zero-order chi connectivity index (χ0) is 13.8. The van der Waals surface area contributed by atoms with E-state index in [4.69, 9.17) is 4.42 Å². The van der Waals surface area contributed by atoms with E-state index >= 15 is 0 Å². The first-order chi connectivity index (χ1) is 9.10. The van der Waals surface area contributed by atoms with Crippen LogP contribution < -0.4 is 11.1 Å². The summed E-state index contributed by atoms with van der Waals surface area (Å²) in [7, 11) is 1.14. The molecule has 19 heavy (non-hydrogen) atoms. The first-order valence-corrected chi connectivity index (χ1v) is 5.58. The highest BCUT2D eigenvalue weighted by Crippen LogP contribution is 2.12. The zero-order valence-corrected chi connectivity index (χ0v) is 10.2. The number of carbonyl (C=O) groups is 2. The predicted octanol–water partition coefficient (Wildman–Crippen LogP) is -0.0472. The number of nitrogens with one attached hydrogen (secondary N) is 2. The van der Waals surface area contributed by atoms with E-state index in [9.17, 15) is 14.4 Å². The minimum Gasteiger partial charge on any atom is -0.462 e. The van der Waals surface area contributed by atoms with Crippen LogP contribution in [-0.4, -0.2) is 30.5 Å². The Morgan fingerprint density at radius 3 is 2.95 bits per heavy atom. The maximum absolute atomic E-state index is 11.1. The quantitative estimate of drug-likeness (QED) is 0.598. The van der Waals surface area contributed by atoms with Gasteiger partial charge in [-0.25, -0.2) is 9.59 Å². The van der Waals surface area contributed by atoms with Crippen LogP contribution in [0.15, 0.2) is 27.4 Å². The van der Waals surface area contributed by atoms with E-state index in [1.54, 1.807) is 18.2 Å². The number of benzene rings is 1. The van der Waals surface area contributed by atoms with Gasteiger partial charge in [0.1, 0.15) is 0 Å². The van der Waals surface area contributed by atoms with Crippen LogP contribution in [0.5, 0.6) is 0 Å². The summed E-state index contributed by atoms with van der Waals surface area (Å²) in [6.07, 6.45) is 0.520. The number of ether oxygens (including phenoxy) is 1. The maximum Gasteiger partial charge on any atom is 0.417 e. The van der Waals surface area contributed by atoms with Crippen LogP contribution in [0.3, 0.4) is 0 Å². The Kier molecular flexibility index (Phi) is 3.65. The third-order valence-corrected chi connectivity index (χ3v) is 2.55. The van der Waals surface area contributed by atoms with Crippen LogP contribution >= 0.6 is 0 Å². The first kappa shape index (κ1) is 12.9. The summed E-state index contributed by atoms with van der Waals surface area (Å²) in [5.41, 5.74) is 1.98. The first-order valence-electron chi connectivity index (χ1n) is 5.58. The Hall–Kier alpha value is -2.57. The molecule has 0 bridgehead atoms. The van der Waals surface area contributed by atoms with Crippen molar-refractivity contribution < 1.29 is 18.7 Å². The Morgan fingerprint density at radius 2 is 2.21 bits per heavy atom. The molecular weight excluding hydrogens is 252 g/mol. The summed E-state index contributed by atoms with van der Waals surface area (Å²) in [6.45, 7) is 0.293. The van der Waals surface area contributed by atoms with Crippen LogP contribution in [0.1, 0.15) is 5.56 Å². The van der Waals surface area contributed by atoms with Gasteiger partial charge in [0.2, 0.25) is 0 Å². The fourth-order valence-corrected chi connectivity index (χ4v) is 1.64. The Balaban J connectivity index is 1.96. The third kappa shape index (κ3) is 3.01. The highest BCUT2D eigenvalue weighted by Gasteiger charge is 2.12. The number of aromatic nitrogens is 1. The van der Waals surface area contributed by atoms with Gasteiger partial charge in [-0.15, -0.1) is 0 Å². The van der Waals surface area contributed by atoms with Gasteiger partial charge in [0.05, 0.1) is 12.6 Å². The van der Waals surface area contributed by atoms with Crippen LogP contribution in [0, 0.1) is 0 Å². The van der Waals surface area contributed by atoms with Crippen molar-refractivity contribution in [2.24, 2.45) is 0 Å². The van der Waals surface area contributed by atoms with E-state index < -0.39 is 17.6 Å². The van der Waals surface area contributed by atoms with E-state index in [1.807, 2.05) is 0 Å². The van der Waals surface area contributed by atoms with E-state index in [2.05, 4.69) is 15.0 Å². The number of oxazole rings is 1. The molecule has 7 nitrogen and oxygen atoms in total. The van der Waals surface area contributed by atoms with Gasteiger partial charge in [0.25, 0.3) is 0 Å². The molecule has 0 spiro atoms. The van der Waals surface area contributed by atoms with Crippen molar-refractivity contribution >= 4 is 23.0 Å². The smallest absolute Gasteiger partial charge is 0.417 e. The molecule has 0 saturated heterocycles. The fourth-order valence-electron chi connectivity index (χ4n) is 1.64. The molecule has 0 radical (unpaired) electrons. The molecule has 2 N–H and O–H groups in total. The lowest BCUT2D eigenvalue weighted by atomic mass is 10.1. The predicted molar refractivity (Wildman–Crippen MR) is 65.6 cm³/mol. The molecular formula is C12H12N2O5. The van der Waals surface area contributed by atoms with Crippen molar-refractivity contribution in [1.82, 2.24) is 10.3 Å². The molecule has 0 fully saturated rings. The monoisotopic (exact) mass is 264 g/mol. The number of hydrogen-bond acceptors (Lipinski definition) is 5. The van der Waals surface area contributed by atoms with Gasteiger partial charge in [-0.05, 0) is 24.1 Å². The largest absolute Gasteiger partial charge is 0.462 e. The summed E-state index contributed by atoms with van der Waals surface area (Å²) < 4.78 is 9.14. The maximum atomic E-state index is 11.1. The van der Waals surface area contributed by atoms with E-state index in [-0.39, 0.29) is 0 Å². The van der Waals surface area contributed by atoms with E-state index in [0.717, 1.165) is 12.7 Å². The van der Waals surface area contributed by atoms with Gasteiger partial charge in [0, 0.05) is 6.54 Å². The minimum atomic E-state index is -0.922. The number of rotatable bonds is 3. The fraction of sp³-hybridized carbons (Fsp3) is 0.250. The summed E-state index contributed by atoms with van der Waals surface area (Å²) >= 11 is 0. The van der Waals surface area contributed by atoms with Gasteiger partial charge >= 0.3 is 17.6 Å². The number of aromatic amines is 1. The Labute approximate surface area is 107 Å². The zero-order valence-electron chi connectivity index (χ0n) is 10.2. The van der Waals surface area contributed by atoms with Crippen LogP contribution in [-0.2, 0) is 20.7 Å². The molecule has 0 aliphatic heterocycles. The van der Waals surface area contributed by atoms with Crippen LogP contribution in [0.4, 0.5) is 0 Å². The van der Waals surface area contributed by atoms with Crippen molar-refractivity contribution in [3.63, 3.8) is 0 Å². The Bertz CT molecular complexity index is 670. The van der Waals surface area contributed by atoms with E-state index in [0.29, 0.717) is 24.1 Å². The second-order valence-corrected chi connectivity index (χ2v) is 3.84. The highest BCUT2D eigenvalue weighted by atomic mass is 16.5. The lowest BCUT2D eigenvalue weighted by Crippen LogP contribution is -2.33. The molecule has 0 aliphatic carbocycles. The van der Waals surface area contributed by atoms with Crippen LogP contribution in [0.25, 0.3) is 11.1 Å². The van der Waals surface area contributed by atoms with Gasteiger partial charge in [-0.1, -0.05) is 6.07 Å². The molecule has 7 heteroatoms. The average Bonchev–Trinajstić information content (AvgIpc) is 2.77. The number of carbonyl (C=O) groups excluding carboxylic acids is 2. The van der Waals surface area contributed by atoms with Crippen molar-refractivity contribution in [3.05, 3.63) is 34.3 Å². The Morgan fingerprint density at radius 1 is 1.42 bits per heavy atom. The molecule has 1 aromatic carbocycles. The van der Waals surface area contributed by atoms with Crippen molar-refractivity contribution in [2.75, 3.05) is 13.7 Å². The standard InChI is InChI=1S/C12H12N2O5/c1-18-11(16)10(15)13-5-4-7-2-3-9-8(6-7)14-12(17)19-9/h2-3,6H,4-5H2,1H3,(H,13,15)(H,14,17). The normalized spacial score (nSPS) is 10.4. The van der Waals surface area contributed by atoms with Gasteiger partial charge in [-0.3, -0.25) is 9.78 Å². The van der Waals surface area contributed by atoms with E-state index in [1.165, 1.54) is 0 Å².